The molecule has 4 rings (SSSR count). The first-order chi connectivity index (χ1) is 14.9. The second kappa shape index (κ2) is 8.76. The van der Waals surface area contributed by atoms with E-state index in [0.717, 1.165) is 24.2 Å². The van der Waals surface area contributed by atoms with Crippen LogP contribution in [0, 0.1) is 5.92 Å². The molecule has 1 saturated heterocycles. The quantitative estimate of drug-likeness (QED) is 0.343. The van der Waals surface area contributed by atoms with Crippen molar-refractivity contribution in [2.75, 3.05) is 13.1 Å². The van der Waals surface area contributed by atoms with Crippen LogP contribution in [0.2, 0.25) is 0 Å². The maximum absolute atomic E-state index is 13.6. The number of hydrogen-bond donors (Lipinski definition) is 0. The summed E-state index contributed by atoms with van der Waals surface area (Å²) in [6, 6.07) is 5.20. The number of halogens is 3. The Bertz CT molecular complexity index is 1080. The van der Waals surface area contributed by atoms with Crippen LogP contribution < -0.4 is 0 Å². The van der Waals surface area contributed by atoms with Gasteiger partial charge in [0.25, 0.3) is 0 Å². The fourth-order valence-electron chi connectivity index (χ4n) is 4.83. The van der Waals surface area contributed by atoms with Crippen LogP contribution in [-0.2, 0) is 22.0 Å². The normalized spacial score (nSPS) is 23.6. The lowest BCUT2D eigenvalue weighted by atomic mass is 9.86. The lowest BCUT2D eigenvalue weighted by Gasteiger charge is -2.30. The lowest BCUT2D eigenvalue weighted by molar-refractivity contribution is -0.0473. The Kier molecular flexibility index (Phi) is 6.66. The van der Waals surface area contributed by atoms with Gasteiger partial charge in [0.15, 0.2) is 0 Å². The maximum atomic E-state index is 13.6. The zero-order chi connectivity index (χ0) is 23.3. The van der Waals surface area contributed by atoms with Gasteiger partial charge in [-0.2, -0.15) is 4.31 Å². The van der Waals surface area contributed by atoms with Crippen molar-refractivity contribution in [3.05, 3.63) is 24.0 Å². The molecule has 2 heterocycles. The van der Waals surface area contributed by atoms with E-state index in [1.807, 2.05) is 6.07 Å². The van der Waals surface area contributed by atoms with E-state index in [1.165, 1.54) is 0 Å². The van der Waals surface area contributed by atoms with Crippen LogP contribution in [0.1, 0.15) is 65.1 Å². The molecule has 178 valence electrons. The Morgan fingerprint density at radius 2 is 1.88 bits per heavy atom. The number of hydrogen-bond acceptors (Lipinski definition) is 3. The van der Waals surface area contributed by atoms with Crippen LogP contribution in [0.25, 0.3) is 11.0 Å². The molecule has 1 aliphatic carbocycles. The molecule has 2 aliphatic rings. The van der Waals surface area contributed by atoms with Crippen molar-refractivity contribution in [1.29, 1.82) is 0 Å². The zero-order valence-electron chi connectivity index (χ0n) is 19.0. The summed E-state index contributed by atoms with van der Waals surface area (Å²) in [5.41, 5.74) is 1.27. The lowest BCUT2D eigenvalue weighted by Crippen LogP contribution is -2.40. The smallest absolute Gasteiger partial charge is 0.248 e. The number of imidazole rings is 1. The van der Waals surface area contributed by atoms with Gasteiger partial charge in [-0.1, -0.05) is 43.4 Å². The molecule has 1 aromatic carbocycles. The van der Waals surface area contributed by atoms with E-state index in [0.29, 0.717) is 41.9 Å². The fraction of sp³-hybridized carbons (Fsp3) is 0.696. The predicted octanol–water partition coefficient (Wildman–Crippen LogP) is 5.75. The third-order valence-corrected chi connectivity index (χ3v) is 9.51. The molecule has 2 fully saturated rings. The Morgan fingerprint density at radius 1 is 1.19 bits per heavy atom. The van der Waals surface area contributed by atoms with E-state index in [2.05, 4.69) is 47.9 Å². The minimum Gasteiger partial charge on any atom is -0.327 e. The molecule has 0 radical (unpaired) electrons. The van der Waals surface area contributed by atoms with Crippen LogP contribution >= 0.6 is 22.6 Å². The zero-order valence-corrected chi connectivity index (χ0v) is 21.9. The van der Waals surface area contributed by atoms with Gasteiger partial charge in [-0.15, -0.1) is 0 Å². The summed E-state index contributed by atoms with van der Waals surface area (Å²) in [6.07, 6.45) is 2.77. The minimum absolute atomic E-state index is 0.0643. The number of sulfonamides is 1. The monoisotopic (exact) mass is 579 g/mol. The molecule has 1 atom stereocenters. The van der Waals surface area contributed by atoms with Gasteiger partial charge in [-0.05, 0) is 49.8 Å². The number of rotatable bonds is 4. The Morgan fingerprint density at radius 3 is 2.50 bits per heavy atom. The second-order valence-corrected chi connectivity index (χ2v) is 14.0. The average molecular weight is 579 g/mol. The van der Waals surface area contributed by atoms with E-state index in [4.69, 9.17) is 4.98 Å². The Balaban J connectivity index is 1.68. The van der Waals surface area contributed by atoms with E-state index < -0.39 is 15.9 Å². The standard InChI is InChI=1S/C23H32F2IN3O2S/c1-22(2,3)21-27-19-13-18(32(30,31)28-12-4-5-17(26)15-28)6-7-20(19)29(21)14-16-8-10-23(24,25)11-9-16/h6-7,13,16-17H,4-5,8-12,14-15H2,1-3H3/t17-/m0/s1. The van der Waals surface area contributed by atoms with Crippen molar-refractivity contribution in [3.8, 4) is 0 Å². The molecular formula is C23H32F2IN3O2S. The predicted molar refractivity (Wildman–Crippen MR) is 131 cm³/mol. The highest BCUT2D eigenvalue weighted by molar-refractivity contribution is 14.1. The van der Waals surface area contributed by atoms with Gasteiger partial charge >= 0.3 is 0 Å². The molecule has 0 amide bonds. The molecule has 32 heavy (non-hydrogen) atoms. The van der Waals surface area contributed by atoms with Crippen LogP contribution in [0.5, 0.6) is 0 Å². The molecule has 0 spiro atoms. The van der Waals surface area contributed by atoms with Crippen LogP contribution in [0.3, 0.4) is 0 Å². The van der Waals surface area contributed by atoms with Crippen molar-refractivity contribution in [2.24, 2.45) is 5.92 Å². The third-order valence-electron chi connectivity index (χ3n) is 6.63. The van der Waals surface area contributed by atoms with Crippen molar-refractivity contribution < 1.29 is 17.2 Å². The number of alkyl halides is 3. The third kappa shape index (κ3) is 4.99. The summed E-state index contributed by atoms with van der Waals surface area (Å²) in [4.78, 5) is 5.12. The topological polar surface area (TPSA) is 55.2 Å². The molecule has 9 heteroatoms. The van der Waals surface area contributed by atoms with Crippen molar-refractivity contribution >= 4 is 43.6 Å². The van der Waals surface area contributed by atoms with E-state index >= 15 is 0 Å². The van der Waals surface area contributed by atoms with Crippen LogP contribution in [0.4, 0.5) is 8.78 Å². The van der Waals surface area contributed by atoms with Crippen molar-refractivity contribution in [1.82, 2.24) is 13.9 Å². The van der Waals surface area contributed by atoms with E-state index in [9.17, 15) is 17.2 Å². The van der Waals surface area contributed by atoms with Gasteiger partial charge in [-0.3, -0.25) is 0 Å². The van der Waals surface area contributed by atoms with Crippen LogP contribution in [0.15, 0.2) is 23.1 Å². The molecule has 0 bridgehead atoms. The minimum atomic E-state index is -3.57. The number of benzene rings is 1. The first kappa shape index (κ1) is 24.3. The summed E-state index contributed by atoms with van der Waals surface area (Å²) in [7, 11) is -3.57. The SMILES string of the molecule is CC(C)(C)c1nc2cc(S(=O)(=O)N3CCC[C@H](I)C3)ccc2n1CC1CCC(F)(F)CC1. The Hall–Kier alpha value is -0.810. The highest BCUT2D eigenvalue weighted by Crippen LogP contribution is 2.38. The van der Waals surface area contributed by atoms with Crippen LogP contribution in [-0.4, -0.2) is 45.2 Å². The average Bonchev–Trinajstić information content (AvgIpc) is 3.08. The fourth-order valence-corrected chi connectivity index (χ4v) is 7.56. The van der Waals surface area contributed by atoms with Crippen molar-refractivity contribution in [3.63, 3.8) is 0 Å². The molecule has 5 nitrogen and oxygen atoms in total. The molecule has 2 aromatic rings. The summed E-state index contributed by atoms with van der Waals surface area (Å²) >= 11 is 2.32. The van der Waals surface area contributed by atoms with Gasteiger partial charge < -0.3 is 4.57 Å². The molecule has 0 unspecified atom stereocenters. The Labute approximate surface area is 203 Å². The van der Waals surface area contributed by atoms with Gasteiger partial charge in [0.05, 0.1) is 15.9 Å². The highest BCUT2D eigenvalue weighted by Gasteiger charge is 2.36. The van der Waals surface area contributed by atoms with Crippen molar-refractivity contribution in [2.45, 2.75) is 86.0 Å². The van der Waals surface area contributed by atoms with E-state index in [-0.39, 0.29) is 29.1 Å². The summed E-state index contributed by atoms with van der Waals surface area (Å²) < 4.78 is 57.8. The van der Waals surface area contributed by atoms with Gasteiger partial charge in [0.1, 0.15) is 5.82 Å². The number of fused-ring (bicyclic) bond motifs is 1. The summed E-state index contributed by atoms with van der Waals surface area (Å²) in [5, 5.41) is 0. The van der Waals surface area contributed by atoms with Gasteiger partial charge in [-0.25, -0.2) is 22.2 Å². The highest BCUT2D eigenvalue weighted by atomic mass is 127. The molecular weight excluding hydrogens is 547 g/mol. The number of piperidine rings is 1. The first-order valence-corrected chi connectivity index (χ1v) is 14.1. The van der Waals surface area contributed by atoms with Gasteiger partial charge in [0, 0.05) is 41.8 Å². The molecule has 1 aromatic heterocycles. The largest absolute Gasteiger partial charge is 0.327 e. The number of nitrogens with zero attached hydrogens (tertiary/aromatic N) is 3. The summed E-state index contributed by atoms with van der Waals surface area (Å²) in [5.74, 6) is -1.51. The first-order valence-electron chi connectivity index (χ1n) is 11.4. The second-order valence-electron chi connectivity index (χ2n) is 10.3. The molecule has 1 saturated carbocycles. The van der Waals surface area contributed by atoms with E-state index in [1.54, 1.807) is 16.4 Å². The molecule has 0 N–H and O–H groups in total. The number of aromatic nitrogens is 2. The summed E-state index contributed by atoms with van der Waals surface area (Å²) in [6.45, 7) is 7.94. The molecule has 1 aliphatic heterocycles. The maximum Gasteiger partial charge on any atom is 0.248 e. The van der Waals surface area contributed by atoms with Gasteiger partial charge in [0.2, 0.25) is 15.9 Å².